The lowest BCUT2D eigenvalue weighted by atomic mass is 10.2. The van der Waals surface area contributed by atoms with Crippen molar-refractivity contribution < 1.29 is 8.78 Å². The molecule has 3 N–H and O–H groups in total. The lowest BCUT2D eigenvalue weighted by molar-refractivity contribution is 0.595. The minimum Gasteiger partial charge on any atom is -0.397 e. The molecule has 0 radical (unpaired) electrons. The fourth-order valence-electron chi connectivity index (χ4n) is 1.50. The summed E-state index contributed by atoms with van der Waals surface area (Å²) in [6.07, 6.45) is 0. The van der Waals surface area contributed by atoms with E-state index in [-0.39, 0.29) is 11.3 Å². The van der Waals surface area contributed by atoms with Crippen LogP contribution in [0.25, 0.3) is 0 Å². The Bertz CT molecular complexity index is 553. The molecule has 0 unspecified atom stereocenters. The normalized spacial score (nSPS) is 10.3. The molecule has 0 aliphatic carbocycles. The second kappa shape index (κ2) is 4.41. The highest BCUT2D eigenvalue weighted by atomic mass is 19.1. The van der Waals surface area contributed by atoms with Crippen LogP contribution in [0.1, 0.15) is 5.56 Å². The molecule has 0 aliphatic heterocycles. The van der Waals surface area contributed by atoms with E-state index in [0.29, 0.717) is 11.4 Å². The summed E-state index contributed by atoms with van der Waals surface area (Å²) in [5.74, 6) is -0.962. The Hall–Kier alpha value is -2.10. The van der Waals surface area contributed by atoms with Crippen molar-refractivity contribution in [2.45, 2.75) is 6.92 Å². The molecule has 0 spiro atoms. The molecular formula is C13H12F2N2. The second-order valence-corrected chi connectivity index (χ2v) is 3.79. The molecule has 0 aromatic heterocycles. The number of rotatable bonds is 2. The Balaban J connectivity index is 2.37. The topological polar surface area (TPSA) is 38.0 Å². The average molecular weight is 234 g/mol. The van der Waals surface area contributed by atoms with Crippen LogP contribution in [0.4, 0.5) is 25.8 Å². The molecule has 17 heavy (non-hydrogen) atoms. The molecule has 2 nitrogen and oxygen atoms in total. The van der Waals surface area contributed by atoms with Crippen LogP contribution in [0.15, 0.2) is 36.4 Å². The summed E-state index contributed by atoms with van der Waals surface area (Å²) in [7, 11) is 0. The van der Waals surface area contributed by atoms with E-state index in [1.54, 1.807) is 24.3 Å². The second-order valence-electron chi connectivity index (χ2n) is 3.79. The number of nitrogens with two attached hydrogens (primary N) is 1. The van der Waals surface area contributed by atoms with Gasteiger partial charge in [-0.25, -0.2) is 8.78 Å². The summed E-state index contributed by atoms with van der Waals surface area (Å²) in [5.41, 5.74) is 7.09. The lowest BCUT2D eigenvalue weighted by Gasteiger charge is -2.10. The zero-order valence-electron chi connectivity index (χ0n) is 9.30. The van der Waals surface area contributed by atoms with E-state index in [2.05, 4.69) is 5.32 Å². The molecule has 88 valence electrons. The van der Waals surface area contributed by atoms with Crippen molar-refractivity contribution in [3.8, 4) is 0 Å². The fraction of sp³-hybridized carbons (Fsp3) is 0.0769. The third-order valence-electron chi connectivity index (χ3n) is 2.48. The molecule has 0 saturated heterocycles. The standard InChI is InChI=1S/C13H12F2N2/c1-8-6-10(15)13(7-9(8)14)17-12-5-3-2-4-11(12)16/h2-7,17H,16H2,1H3. The first-order valence-electron chi connectivity index (χ1n) is 5.15. The van der Waals surface area contributed by atoms with Crippen molar-refractivity contribution in [1.82, 2.24) is 0 Å². The van der Waals surface area contributed by atoms with E-state index in [1.165, 1.54) is 6.92 Å². The van der Waals surface area contributed by atoms with Crippen molar-refractivity contribution in [3.63, 3.8) is 0 Å². The van der Waals surface area contributed by atoms with E-state index in [0.717, 1.165) is 12.1 Å². The first-order chi connectivity index (χ1) is 8.08. The maximum Gasteiger partial charge on any atom is 0.147 e. The van der Waals surface area contributed by atoms with Crippen molar-refractivity contribution >= 4 is 17.1 Å². The molecule has 0 fully saturated rings. The molecule has 0 heterocycles. The zero-order valence-corrected chi connectivity index (χ0v) is 9.30. The van der Waals surface area contributed by atoms with E-state index < -0.39 is 11.6 Å². The number of hydrogen-bond donors (Lipinski definition) is 2. The zero-order chi connectivity index (χ0) is 12.4. The number of aryl methyl sites for hydroxylation is 1. The number of halogens is 2. The molecule has 2 aromatic rings. The minimum absolute atomic E-state index is 0.0750. The Morgan fingerprint density at radius 2 is 1.71 bits per heavy atom. The minimum atomic E-state index is -0.507. The smallest absolute Gasteiger partial charge is 0.147 e. The lowest BCUT2D eigenvalue weighted by Crippen LogP contribution is -1.99. The third kappa shape index (κ3) is 2.36. The maximum atomic E-state index is 13.6. The van der Waals surface area contributed by atoms with Crippen molar-refractivity contribution in [1.29, 1.82) is 0 Å². The summed E-state index contributed by atoms with van der Waals surface area (Å²) < 4.78 is 26.9. The maximum absolute atomic E-state index is 13.6. The molecule has 0 amide bonds. The van der Waals surface area contributed by atoms with E-state index in [4.69, 9.17) is 5.73 Å². The summed E-state index contributed by atoms with van der Waals surface area (Å²) in [4.78, 5) is 0. The van der Waals surface area contributed by atoms with Gasteiger partial charge in [-0.15, -0.1) is 0 Å². The first-order valence-corrected chi connectivity index (χ1v) is 5.15. The number of hydrogen-bond acceptors (Lipinski definition) is 2. The highest BCUT2D eigenvalue weighted by Crippen LogP contribution is 2.26. The van der Waals surface area contributed by atoms with Crippen molar-refractivity contribution in [3.05, 3.63) is 53.6 Å². The van der Waals surface area contributed by atoms with E-state index in [1.807, 2.05) is 0 Å². The van der Waals surface area contributed by atoms with Gasteiger partial charge in [0.05, 0.1) is 17.1 Å². The summed E-state index contributed by atoms with van der Waals surface area (Å²) >= 11 is 0. The summed E-state index contributed by atoms with van der Waals surface area (Å²) in [5, 5.41) is 2.77. The number of nitrogens with one attached hydrogen (secondary N) is 1. The summed E-state index contributed by atoms with van der Waals surface area (Å²) in [6.45, 7) is 1.51. The molecule has 0 bridgehead atoms. The van der Waals surface area contributed by atoms with Gasteiger partial charge in [-0.2, -0.15) is 0 Å². The first kappa shape index (κ1) is 11.4. The fourth-order valence-corrected chi connectivity index (χ4v) is 1.50. The van der Waals surface area contributed by atoms with Gasteiger partial charge in [-0.3, -0.25) is 0 Å². The van der Waals surface area contributed by atoms with Gasteiger partial charge in [-0.05, 0) is 30.7 Å². The number of anilines is 3. The van der Waals surface area contributed by atoms with E-state index in [9.17, 15) is 8.78 Å². The molecule has 2 rings (SSSR count). The van der Waals surface area contributed by atoms with Crippen molar-refractivity contribution in [2.24, 2.45) is 0 Å². The van der Waals surface area contributed by atoms with Gasteiger partial charge in [0.25, 0.3) is 0 Å². The molecule has 0 aliphatic rings. The largest absolute Gasteiger partial charge is 0.397 e. The van der Waals surface area contributed by atoms with Crippen LogP contribution in [0.5, 0.6) is 0 Å². The third-order valence-corrected chi connectivity index (χ3v) is 2.48. The highest BCUT2D eigenvalue weighted by Gasteiger charge is 2.08. The van der Waals surface area contributed by atoms with Crippen LogP contribution in [0.3, 0.4) is 0 Å². The van der Waals surface area contributed by atoms with Gasteiger partial charge in [0.2, 0.25) is 0 Å². The molecule has 4 heteroatoms. The Labute approximate surface area is 98.1 Å². The van der Waals surface area contributed by atoms with Crippen LogP contribution >= 0.6 is 0 Å². The summed E-state index contributed by atoms with van der Waals surface area (Å²) in [6, 6.07) is 9.19. The van der Waals surface area contributed by atoms with Gasteiger partial charge in [0.1, 0.15) is 11.6 Å². The molecular weight excluding hydrogens is 222 g/mol. The number of nitrogen functional groups attached to an aromatic ring is 1. The quantitative estimate of drug-likeness (QED) is 0.779. The number of benzene rings is 2. The van der Waals surface area contributed by atoms with Gasteiger partial charge in [0.15, 0.2) is 0 Å². The van der Waals surface area contributed by atoms with Crippen LogP contribution in [0.2, 0.25) is 0 Å². The van der Waals surface area contributed by atoms with Crippen LogP contribution in [-0.2, 0) is 0 Å². The molecule has 0 atom stereocenters. The molecule has 0 saturated carbocycles. The Morgan fingerprint density at radius 1 is 1.00 bits per heavy atom. The van der Waals surface area contributed by atoms with E-state index >= 15 is 0 Å². The Kier molecular flexibility index (Phi) is 2.95. The van der Waals surface area contributed by atoms with Crippen LogP contribution in [0, 0.1) is 18.6 Å². The van der Waals surface area contributed by atoms with Gasteiger partial charge < -0.3 is 11.1 Å². The molecule has 2 aromatic carbocycles. The highest BCUT2D eigenvalue weighted by molar-refractivity contribution is 5.72. The van der Waals surface area contributed by atoms with Crippen LogP contribution < -0.4 is 11.1 Å². The van der Waals surface area contributed by atoms with Crippen LogP contribution in [-0.4, -0.2) is 0 Å². The van der Waals surface area contributed by atoms with Gasteiger partial charge >= 0.3 is 0 Å². The SMILES string of the molecule is Cc1cc(F)c(Nc2ccccc2N)cc1F. The predicted octanol–water partition coefficient (Wildman–Crippen LogP) is 3.60. The number of para-hydroxylation sites is 2. The Morgan fingerprint density at radius 3 is 2.41 bits per heavy atom. The van der Waals surface area contributed by atoms with Gasteiger partial charge in [-0.1, -0.05) is 12.1 Å². The van der Waals surface area contributed by atoms with Gasteiger partial charge in [0, 0.05) is 6.07 Å². The predicted molar refractivity (Wildman–Crippen MR) is 65.2 cm³/mol. The average Bonchev–Trinajstić information content (AvgIpc) is 2.29. The van der Waals surface area contributed by atoms with Crippen molar-refractivity contribution in [2.75, 3.05) is 11.1 Å². The monoisotopic (exact) mass is 234 g/mol.